The van der Waals surface area contributed by atoms with Crippen molar-refractivity contribution in [3.63, 3.8) is 0 Å². The van der Waals surface area contributed by atoms with Gasteiger partial charge in [0.1, 0.15) is 18.1 Å². The molecule has 0 unspecified atom stereocenters. The lowest BCUT2D eigenvalue weighted by molar-refractivity contribution is -0.133. The number of aromatic nitrogens is 2. The zero-order valence-corrected chi connectivity index (χ0v) is 13.6. The van der Waals surface area contributed by atoms with E-state index in [4.69, 9.17) is 5.11 Å². The minimum absolute atomic E-state index is 0.00177. The van der Waals surface area contributed by atoms with E-state index in [0.717, 1.165) is 5.56 Å². The summed E-state index contributed by atoms with van der Waals surface area (Å²) in [5, 5.41) is 12.9. The van der Waals surface area contributed by atoms with E-state index in [1.165, 1.54) is 29.1 Å². The Hall–Kier alpha value is -2.74. The maximum absolute atomic E-state index is 13.2. The molecule has 1 aliphatic rings. The van der Waals surface area contributed by atoms with Gasteiger partial charge in [-0.1, -0.05) is 12.1 Å². The zero-order valence-electron chi connectivity index (χ0n) is 13.6. The number of nitrogens with zero attached hydrogens (tertiary/aromatic N) is 4. The number of amides is 1. The average Bonchev–Trinajstić information content (AvgIpc) is 3.04. The van der Waals surface area contributed by atoms with Gasteiger partial charge in [-0.25, -0.2) is 13.9 Å². The van der Waals surface area contributed by atoms with E-state index in [1.807, 2.05) is 6.07 Å². The molecule has 1 amide bonds. The van der Waals surface area contributed by atoms with Crippen molar-refractivity contribution in [3.05, 3.63) is 53.6 Å². The normalized spacial score (nSPS) is 15.3. The third-order valence-corrected chi connectivity index (χ3v) is 4.24. The lowest BCUT2D eigenvalue weighted by Crippen LogP contribution is -2.49. The fourth-order valence-corrected chi connectivity index (χ4v) is 2.92. The van der Waals surface area contributed by atoms with Gasteiger partial charge >= 0.3 is 5.97 Å². The topological polar surface area (TPSA) is 78.7 Å². The van der Waals surface area contributed by atoms with Crippen LogP contribution in [0, 0.1) is 5.82 Å². The second-order valence-corrected chi connectivity index (χ2v) is 5.97. The Bertz CT molecular complexity index is 769. The smallest absolute Gasteiger partial charge is 0.354 e. The van der Waals surface area contributed by atoms with Crippen LogP contribution in [-0.4, -0.2) is 62.7 Å². The van der Waals surface area contributed by atoms with Gasteiger partial charge < -0.3 is 10.0 Å². The standard InChI is InChI=1S/C17H19FN4O3/c18-14-3-1-2-13(10-14)11-20-6-8-21(9-7-20)16(23)12-22-15(17(24)25)4-5-19-22/h1-5,10H,6-9,11-12H2,(H,24,25). The summed E-state index contributed by atoms with van der Waals surface area (Å²) in [6, 6.07) is 7.87. The molecule has 2 heterocycles. The minimum atomic E-state index is -1.11. The summed E-state index contributed by atoms with van der Waals surface area (Å²) < 4.78 is 14.4. The van der Waals surface area contributed by atoms with Crippen molar-refractivity contribution < 1.29 is 19.1 Å². The summed E-state index contributed by atoms with van der Waals surface area (Å²) in [6.07, 6.45) is 1.37. The van der Waals surface area contributed by atoms with Crippen LogP contribution in [0.15, 0.2) is 36.5 Å². The third kappa shape index (κ3) is 4.21. The molecule has 1 aliphatic heterocycles. The van der Waals surface area contributed by atoms with E-state index in [2.05, 4.69) is 10.00 Å². The number of hydrogen-bond donors (Lipinski definition) is 1. The van der Waals surface area contributed by atoms with E-state index in [0.29, 0.717) is 32.7 Å². The van der Waals surface area contributed by atoms with Crippen LogP contribution in [0.4, 0.5) is 4.39 Å². The van der Waals surface area contributed by atoms with Crippen LogP contribution in [0.1, 0.15) is 16.1 Å². The molecule has 0 atom stereocenters. The number of halogens is 1. The van der Waals surface area contributed by atoms with Crippen molar-refractivity contribution in [1.82, 2.24) is 19.6 Å². The van der Waals surface area contributed by atoms with Gasteiger partial charge in [-0.15, -0.1) is 0 Å². The molecule has 132 valence electrons. The van der Waals surface area contributed by atoms with E-state index < -0.39 is 5.97 Å². The largest absolute Gasteiger partial charge is 0.477 e. The predicted molar refractivity (Wildman–Crippen MR) is 87.4 cm³/mol. The molecule has 1 aromatic heterocycles. The zero-order chi connectivity index (χ0) is 17.8. The fraction of sp³-hybridized carbons (Fsp3) is 0.353. The van der Waals surface area contributed by atoms with E-state index in [-0.39, 0.29) is 24.0 Å². The van der Waals surface area contributed by atoms with Gasteiger partial charge in [-0.05, 0) is 23.8 Å². The molecule has 2 aromatic rings. The Morgan fingerprint density at radius 2 is 1.92 bits per heavy atom. The summed E-state index contributed by atoms with van der Waals surface area (Å²) >= 11 is 0. The number of benzene rings is 1. The first-order valence-electron chi connectivity index (χ1n) is 8.02. The van der Waals surface area contributed by atoms with E-state index in [9.17, 15) is 14.0 Å². The molecule has 7 nitrogen and oxygen atoms in total. The molecular formula is C17H19FN4O3. The quantitative estimate of drug-likeness (QED) is 0.876. The first kappa shape index (κ1) is 17.1. The van der Waals surface area contributed by atoms with Crippen LogP contribution in [0.5, 0.6) is 0 Å². The van der Waals surface area contributed by atoms with Gasteiger partial charge in [0.15, 0.2) is 0 Å². The molecular weight excluding hydrogens is 327 g/mol. The molecule has 3 rings (SSSR count). The summed E-state index contributed by atoms with van der Waals surface area (Å²) in [7, 11) is 0. The molecule has 1 N–H and O–H groups in total. The third-order valence-electron chi connectivity index (χ3n) is 4.24. The van der Waals surface area contributed by atoms with Crippen LogP contribution < -0.4 is 0 Å². The molecule has 0 bridgehead atoms. The van der Waals surface area contributed by atoms with Crippen molar-refractivity contribution in [1.29, 1.82) is 0 Å². The van der Waals surface area contributed by atoms with E-state index in [1.54, 1.807) is 11.0 Å². The van der Waals surface area contributed by atoms with Crippen molar-refractivity contribution in [2.24, 2.45) is 0 Å². The number of carboxylic acid groups (broad SMARTS) is 1. The summed E-state index contributed by atoms with van der Waals surface area (Å²) in [5.41, 5.74) is 0.903. The van der Waals surface area contributed by atoms with Gasteiger partial charge in [-0.3, -0.25) is 9.69 Å². The number of aromatic carboxylic acids is 1. The number of hydrogen-bond acceptors (Lipinski definition) is 4. The first-order valence-corrected chi connectivity index (χ1v) is 8.02. The summed E-state index contributed by atoms with van der Waals surface area (Å²) in [5.74, 6) is -1.51. The average molecular weight is 346 g/mol. The van der Waals surface area contributed by atoms with Gasteiger partial charge in [0.2, 0.25) is 5.91 Å². The second kappa shape index (κ2) is 7.43. The lowest BCUT2D eigenvalue weighted by Gasteiger charge is -2.34. The highest BCUT2D eigenvalue weighted by Gasteiger charge is 2.23. The van der Waals surface area contributed by atoms with Gasteiger partial charge in [0, 0.05) is 38.9 Å². The highest BCUT2D eigenvalue weighted by atomic mass is 19.1. The second-order valence-electron chi connectivity index (χ2n) is 5.97. The van der Waals surface area contributed by atoms with Crippen molar-refractivity contribution in [2.45, 2.75) is 13.1 Å². The van der Waals surface area contributed by atoms with Crippen LogP contribution >= 0.6 is 0 Å². The van der Waals surface area contributed by atoms with Crippen LogP contribution in [0.25, 0.3) is 0 Å². The van der Waals surface area contributed by atoms with Crippen molar-refractivity contribution >= 4 is 11.9 Å². The van der Waals surface area contributed by atoms with Gasteiger partial charge in [-0.2, -0.15) is 5.10 Å². The van der Waals surface area contributed by atoms with Crippen LogP contribution in [0.2, 0.25) is 0 Å². The van der Waals surface area contributed by atoms with Crippen LogP contribution in [0.3, 0.4) is 0 Å². The minimum Gasteiger partial charge on any atom is -0.477 e. The number of carbonyl (C=O) groups excluding carboxylic acids is 1. The Balaban J connectivity index is 1.52. The van der Waals surface area contributed by atoms with Crippen molar-refractivity contribution in [2.75, 3.05) is 26.2 Å². The van der Waals surface area contributed by atoms with E-state index >= 15 is 0 Å². The lowest BCUT2D eigenvalue weighted by atomic mass is 10.2. The molecule has 0 spiro atoms. The molecule has 0 radical (unpaired) electrons. The number of rotatable bonds is 5. The summed E-state index contributed by atoms with van der Waals surface area (Å²) in [4.78, 5) is 27.3. The Kier molecular flexibility index (Phi) is 5.08. The molecule has 0 saturated carbocycles. The van der Waals surface area contributed by atoms with Gasteiger partial charge in [0.05, 0.1) is 0 Å². The monoisotopic (exact) mass is 346 g/mol. The molecule has 1 aromatic carbocycles. The predicted octanol–water partition coefficient (Wildman–Crippen LogP) is 1.06. The number of piperazine rings is 1. The Morgan fingerprint density at radius 1 is 1.16 bits per heavy atom. The number of carboxylic acids is 1. The fourth-order valence-electron chi connectivity index (χ4n) is 2.92. The molecule has 8 heteroatoms. The molecule has 1 fully saturated rings. The molecule has 0 aliphatic carbocycles. The van der Waals surface area contributed by atoms with Crippen LogP contribution in [-0.2, 0) is 17.9 Å². The SMILES string of the molecule is O=C(O)c1ccnn1CC(=O)N1CCN(Cc2cccc(F)c2)CC1. The summed E-state index contributed by atoms with van der Waals surface area (Å²) in [6.45, 7) is 3.04. The number of carbonyl (C=O) groups is 2. The molecule has 1 saturated heterocycles. The maximum Gasteiger partial charge on any atom is 0.354 e. The van der Waals surface area contributed by atoms with Gasteiger partial charge in [0.25, 0.3) is 0 Å². The maximum atomic E-state index is 13.2. The Labute approximate surface area is 144 Å². The molecule has 25 heavy (non-hydrogen) atoms. The Morgan fingerprint density at radius 3 is 2.60 bits per heavy atom. The van der Waals surface area contributed by atoms with Crippen molar-refractivity contribution in [3.8, 4) is 0 Å². The highest BCUT2D eigenvalue weighted by Crippen LogP contribution is 2.11. The first-order chi connectivity index (χ1) is 12.0. The highest BCUT2D eigenvalue weighted by molar-refractivity contribution is 5.86.